The molecule has 2 heterocycles. The Morgan fingerprint density at radius 1 is 0.382 bits per heavy atom. The van der Waals surface area contributed by atoms with Gasteiger partial charge in [0.05, 0.1) is 22.1 Å². The molecule has 0 N–H and O–H groups in total. The van der Waals surface area contributed by atoms with Gasteiger partial charge in [0.2, 0.25) is 0 Å². The van der Waals surface area contributed by atoms with E-state index in [0.29, 0.717) is 0 Å². The molecule has 0 radical (unpaired) electrons. The minimum Gasteiger partial charge on any atom is -0.455 e. The molecule has 258 valence electrons. The zero-order chi connectivity index (χ0) is 36.3. The van der Waals surface area contributed by atoms with Crippen LogP contribution in [-0.2, 0) is 0 Å². The summed E-state index contributed by atoms with van der Waals surface area (Å²) in [5.74, 6) is 0. The van der Waals surface area contributed by atoms with Gasteiger partial charge in [0.15, 0.2) is 0 Å². The molecular formula is C52H34N2O. The average molecular weight is 703 g/mol. The largest absolute Gasteiger partial charge is 0.455 e. The fourth-order valence-corrected chi connectivity index (χ4v) is 8.41. The van der Waals surface area contributed by atoms with Crippen LogP contribution in [-0.4, -0.2) is 4.57 Å². The van der Waals surface area contributed by atoms with Gasteiger partial charge in [-0.3, -0.25) is 0 Å². The van der Waals surface area contributed by atoms with Gasteiger partial charge in [-0.25, -0.2) is 0 Å². The maximum absolute atomic E-state index is 6.70. The minimum absolute atomic E-state index is 0.863. The first-order valence-electron chi connectivity index (χ1n) is 18.8. The number of hydrogen-bond acceptors (Lipinski definition) is 2. The molecule has 0 bridgehead atoms. The molecule has 11 rings (SSSR count). The zero-order valence-electron chi connectivity index (χ0n) is 29.9. The van der Waals surface area contributed by atoms with Crippen LogP contribution in [0.5, 0.6) is 0 Å². The Bertz CT molecular complexity index is 3140. The van der Waals surface area contributed by atoms with Crippen molar-refractivity contribution in [3.05, 3.63) is 206 Å². The van der Waals surface area contributed by atoms with Crippen molar-refractivity contribution in [3.8, 4) is 27.9 Å². The Morgan fingerprint density at radius 3 is 1.67 bits per heavy atom. The zero-order valence-corrected chi connectivity index (χ0v) is 29.9. The number of aromatic nitrogens is 1. The lowest BCUT2D eigenvalue weighted by molar-refractivity contribution is 0.672. The number of benzene rings is 9. The Labute approximate surface area is 318 Å². The lowest BCUT2D eigenvalue weighted by Crippen LogP contribution is -2.11. The number of fused-ring (bicyclic) bond motifs is 8. The second-order valence-electron chi connectivity index (χ2n) is 14.1. The predicted molar refractivity (Wildman–Crippen MR) is 231 cm³/mol. The number of rotatable bonds is 6. The normalized spacial score (nSPS) is 11.6. The maximum Gasteiger partial charge on any atom is 0.143 e. The van der Waals surface area contributed by atoms with E-state index >= 15 is 0 Å². The molecule has 2 aromatic heterocycles. The van der Waals surface area contributed by atoms with Crippen LogP contribution in [0.2, 0.25) is 0 Å². The molecule has 0 amide bonds. The quantitative estimate of drug-likeness (QED) is 0.172. The summed E-state index contributed by atoms with van der Waals surface area (Å²) in [4.78, 5) is 2.38. The minimum atomic E-state index is 0.863. The summed E-state index contributed by atoms with van der Waals surface area (Å²) in [5, 5.41) is 6.96. The summed E-state index contributed by atoms with van der Waals surface area (Å²) in [6, 6.07) is 73.9. The molecule has 0 fully saturated rings. The molecule has 0 aliphatic carbocycles. The highest BCUT2D eigenvalue weighted by molar-refractivity contribution is 6.19. The van der Waals surface area contributed by atoms with Gasteiger partial charge in [-0.05, 0) is 88.3 Å². The molecule has 55 heavy (non-hydrogen) atoms. The third-order valence-electron chi connectivity index (χ3n) is 11.0. The smallest absolute Gasteiger partial charge is 0.143 e. The molecule has 0 atom stereocenters. The van der Waals surface area contributed by atoms with Crippen LogP contribution in [0.1, 0.15) is 0 Å². The molecule has 0 aliphatic rings. The highest BCUT2D eigenvalue weighted by atomic mass is 16.3. The molecule has 3 nitrogen and oxygen atoms in total. The van der Waals surface area contributed by atoms with Crippen LogP contribution in [0, 0.1) is 0 Å². The van der Waals surface area contributed by atoms with Gasteiger partial charge < -0.3 is 13.9 Å². The third kappa shape index (κ3) is 5.13. The molecule has 0 aliphatic heterocycles. The molecule has 0 saturated carbocycles. The Kier molecular flexibility index (Phi) is 7.17. The molecule has 9 aromatic carbocycles. The topological polar surface area (TPSA) is 21.3 Å². The first kappa shape index (κ1) is 31.2. The van der Waals surface area contributed by atoms with E-state index in [4.69, 9.17) is 4.42 Å². The van der Waals surface area contributed by atoms with Crippen LogP contribution in [0.3, 0.4) is 0 Å². The fraction of sp³-hybridized carbons (Fsp3) is 0. The summed E-state index contributed by atoms with van der Waals surface area (Å²) in [5.41, 5.74) is 13.2. The van der Waals surface area contributed by atoms with Crippen molar-refractivity contribution in [1.29, 1.82) is 0 Å². The highest BCUT2D eigenvalue weighted by Gasteiger charge is 2.21. The van der Waals surface area contributed by atoms with Crippen molar-refractivity contribution in [2.45, 2.75) is 0 Å². The summed E-state index contributed by atoms with van der Waals surface area (Å²) in [6.07, 6.45) is 0. The number of anilines is 3. The second-order valence-corrected chi connectivity index (χ2v) is 14.1. The van der Waals surface area contributed by atoms with Gasteiger partial charge in [0.1, 0.15) is 11.2 Å². The Hall–Kier alpha value is -7.36. The average Bonchev–Trinajstić information content (AvgIpc) is 3.82. The summed E-state index contributed by atoms with van der Waals surface area (Å²) < 4.78 is 9.08. The molecule has 3 heteroatoms. The fourth-order valence-electron chi connectivity index (χ4n) is 8.41. The summed E-state index contributed by atoms with van der Waals surface area (Å²) >= 11 is 0. The van der Waals surface area contributed by atoms with E-state index in [1.165, 1.54) is 49.4 Å². The highest BCUT2D eigenvalue weighted by Crippen LogP contribution is 2.45. The van der Waals surface area contributed by atoms with Crippen LogP contribution >= 0.6 is 0 Å². The van der Waals surface area contributed by atoms with Gasteiger partial charge in [-0.1, -0.05) is 146 Å². The molecule has 0 saturated heterocycles. The Morgan fingerprint density at radius 2 is 0.964 bits per heavy atom. The van der Waals surface area contributed by atoms with Crippen molar-refractivity contribution in [2.24, 2.45) is 0 Å². The van der Waals surface area contributed by atoms with Crippen LogP contribution in [0.4, 0.5) is 17.1 Å². The van der Waals surface area contributed by atoms with Crippen molar-refractivity contribution >= 4 is 71.6 Å². The molecular weight excluding hydrogens is 669 g/mol. The van der Waals surface area contributed by atoms with Crippen molar-refractivity contribution in [2.75, 3.05) is 4.90 Å². The number of furan rings is 1. The maximum atomic E-state index is 6.70. The Balaban J connectivity index is 1.10. The molecule has 0 unspecified atom stereocenters. The van der Waals surface area contributed by atoms with Crippen LogP contribution in [0.25, 0.3) is 82.5 Å². The van der Waals surface area contributed by atoms with Gasteiger partial charge in [-0.2, -0.15) is 0 Å². The van der Waals surface area contributed by atoms with E-state index < -0.39 is 0 Å². The van der Waals surface area contributed by atoms with Gasteiger partial charge in [-0.15, -0.1) is 0 Å². The van der Waals surface area contributed by atoms with Gasteiger partial charge >= 0.3 is 0 Å². The number of hydrogen-bond donors (Lipinski definition) is 0. The summed E-state index contributed by atoms with van der Waals surface area (Å²) in [6.45, 7) is 0. The molecule has 0 spiro atoms. The first-order chi connectivity index (χ1) is 27.3. The third-order valence-corrected chi connectivity index (χ3v) is 11.0. The first-order valence-corrected chi connectivity index (χ1v) is 18.8. The van der Waals surface area contributed by atoms with Crippen LogP contribution < -0.4 is 4.90 Å². The van der Waals surface area contributed by atoms with Crippen molar-refractivity contribution < 1.29 is 4.42 Å². The lowest BCUT2D eigenvalue weighted by Gasteiger charge is -2.27. The predicted octanol–water partition coefficient (Wildman–Crippen LogP) is 14.6. The summed E-state index contributed by atoms with van der Waals surface area (Å²) in [7, 11) is 0. The lowest BCUT2D eigenvalue weighted by atomic mass is 10.00. The monoisotopic (exact) mass is 702 g/mol. The SMILES string of the molecule is c1ccc(-c2ccc(-c3ccc(N(c4cccc(-n5c6ccccc6c6ccccc65)c4)c4cccc5oc6c7ccccc7ccc6c45)cc3)cc2)cc1. The van der Waals surface area contributed by atoms with E-state index in [0.717, 1.165) is 50.1 Å². The van der Waals surface area contributed by atoms with Crippen molar-refractivity contribution in [3.63, 3.8) is 0 Å². The van der Waals surface area contributed by atoms with E-state index in [-0.39, 0.29) is 0 Å². The van der Waals surface area contributed by atoms with E-state index in [2.05, 4.69) is 216 Å². The van der Waals surface area contributed by atoms with Crippen LogP contribution in [0.15, 0.2) is 211 Å². The van der Waals surface area contributed by atoms with Crippen molar-refractivity contribution in [1.82, 2.24) is 4.57 Å². The van der Waals surface area contributed by atoms with Gasteiger partial charge in [0.25, 0.3) is 0 Å². The van der Waals surface area contributed by atoms with E-state index in [9.17, 15) is 0 Å². The second kappa shape index (κ2) is 12.6. The van der Waals surface area contributed by atoms with E-state index in [1.54, 1.807) is 0 Å². The van der Waals surface area contributed by atoms with Gasteiger partial charge in [0, 0.05) is 38.6 Å². The standard InChI is InChI=1S/C52H34N2O/c1-2-12-35(13-3-1)36-24-26-37(27-25-36)38-28-31-40(32-29-38)53(49-22-11-23-50-51(49)46-33-30-39-14-4-5-17-43(39)52(46)55-50)41-15-10-16-42(34-41)54-47-20-8-6-18-44(47)45-19-7-9-21-48(45)54/h1-34H. The number of para-hydroxylation sites is 2. The van der Waals surface area contributed by atoms with E-state index in [1.807, 2.05) is 0 Å². The molecule has 11 aromatic rings. The number of nitrogens with zero attached hydrogens (tertiary/aromatic N) is 2.